The topological polar surface area (TPSA) is 106 Å². The SMILES string of the molecule is CC(CCC(=O)NC=O)NC(=O)c1ccc(N2CCC(COSI)CC2)c2c1OCCO2. The summed E-state index contributed by atoms with van der Waals surface area (Å²) in [5.74, 6) is 0.960. The highest BCUT2D eigenvalue weighted by atomic mass is 127. The van der Waals surface area contributed by atoms with Gasteiger partial charge in [0.05, 0.1) is 27.1 Å². The number of rotatable bonds is 10. The number of nitrogens with one attached hydrogen (secondary N) is 2. The molecule has 0 saturated carbocycles. The molecule has 0 aromatic heterocycles. The van der Waals surface area contributed by atoms with E-state index in [1.165, 1.54) is 9.21 Å². The van der Waals surface area contributed by atoms with Crippen LogP contribution in [0.2, 0.25) is 0 Å². The molecular formula is C21H28IN3O6S. The summed E-state index contributed by atoms with van der Waals surface area (Å²) in [6.07, 6.45) is 2.98. The van der Waals surface area contributed by atoms with Crippen molar-refractivity contribution in [1.29, 1.82) is 0 Å². The molecule has 2 aliphatic heterocycles. The number of amides is 3. The third-order valence-electron chi connectivity index (χ3n) is 5.62. The number of anilines is 1. The van der Waals surface area contributed by atoms with E-state index in [2.05, 4.69) is 36.7 Å². The van der Waals surface area contributed by atoms with Gasteiger partial charge in [-0.3, -0.25) is 19.7 Å². The van der Waals surface area contributed by atoms with Crippen LogP contribution in [-0.4, -0.2) is 57.2 Å². The number of piperidine rings is 1. The number of fused-ring (bicyclic) bond motifs is 1. The summed E-state index contributed by atoms with van der Waals surface area (Å²) < 4.78 is 17.3. The van der Waals surface area contributed by atoms with Crippen LogP contribution in [0.3, 0.4) is 0 Å². The highest BCUT2D eigenvalue weighted by molar-refractivity contribution is 14.2. The first kappa shape index (κ1) is 24.9. The summed E-state index contributed by atoms with van der Waals surface area (Å²) in [6.45, 7) is 5.17. The number of carbonyl (C=O) groups is 3. The Hall–Kier alpha value is -1.73. The molecular weight excluding hydrogens is 549 g/mol. The Morgan fingerprint density at radius 3 is 2.69 bits per heavy atom. The Balaban J connectivity index is 1.66. The number of hydrogen-bond donors (Lipinski definition) is 2. The molecule has 1 aromatic rings. The van der Waals surface area contributed by atoms with Crippen molar-refractivity contribution in [2.24, 2.45) is 5.92 Å². The van der Waals surface area contributed by atoms with Gasteiger partial charge in [0.1, 0.15) is 13.2 Å². The molecule has 176 valence electrons. The van der Waals surface area contributed by atoms with Crippen molar-refractivity contribution >= 4 is 54.3 Å². The van der Waals surface area contributed by atoms with Gasteiger partial charge in [0, 0.05) is 46.8 Å². The molecule has 0 aliphatic carbocycles. The van der Waals surface area contributed by atoms with Crippen LogP contribution in [-0.2, 0) is 13.8 Å². The van der Waals surface area contributed by atoms with E-state index >= 15 is 0 Å². The Bertz CT molecular complexity index is 819. The maximum absolute atomic E-state index is 12.9. The fourth-order valence-electron chi connectivity index (χ4n) is 3.87. The highest BCUT2D eigenvalue weighted by Gasteiger charge is 2.29. The maximum Gasteiger partial charge on any atom is 0.255 e. The number of carbonyl (C=O) groups excluding carboxylic acids is 3. The van der Waals surface area contributed by atoms with Crippen molar-refractivity contribution in [3.63, 3.8) is 0 Å². The van der Waals surface area contributed by atoms with Gasteiger partial charge < -0.3 is 23.9 Å². The van der Waals surface area contributed by atoms with Crippen LogP contribution in [0.4, 0.5) is 5.69 Å². The molecule has 32 heavy (non-hydrogen) atoms. The average molecular weight is 577 g/mol. The first-order valence-electron chi connectivity index (χ1n) is 10.6. The van der Waals surface area contributed by atoms with Crippen molar-refractivity contribution in [2.75, 3.05) is 37.8 Å². The van der Waals surface area contributed by atoms with Gasteiger partial charge in [-0.15, -0.1) is 0 Å². The van der Waals surface area contributed by atoms with E-state index in [0.717, 1.165) is 38.2 Å². The van der Waals surface area contributed by atoms with Gasteiger partial charge in [0.2, 0.25) is 12.3 Å². The lowest BCUT2D eigenvalue weighted by molar-refractivity contribution is -0.125. The van der Waals surface area contributed by atoms with Crippen LogP contribution in [0.5, 0.6) is 11.5 Å². The zero-order chi connectivity index (χ0) is 22.9. The zero-order valence-corrected chi connectivity index (χ0v) is 20.9. The van der Waals surface area contributed by atoms with E-state index in [-0.39, 0.29) is 24.3 Å². The fourth-order valence-corrected chi connectivity index (χ4v) is 4.56. The van der Waals surface area contributed by atoms with Gasteiger partial charge in [0.15, 0.2) is 11.5 Å². The molecule has 9 nitrogen and oxygen atoms in total. The van der Waals surface area contributed by atoms with Gasteiger partial charge in [-0.2, -0.15) is 0 Å². The lowest BCUT2D eigenvalue weighted by atomic mass is 9.97. The molecule has 0 radical (unpaired) electrons. The minimum Gasteiger partial charge on any atom is -0.485 e. The normalized spacial score (nSPS) is 16.9. The fraction of sp³-hybridized carbons (Fsp3) is 0.571. The summed E-state index contributed by atoms with van der Waals surface area (Å²) >= 11 is 2.14. The van der Waals surface area contributed by atoms with E-state index in [0.29, 0.717) is 49.0 Å². The summed E-state index contributed by atoms with van der Waals surface area (Å²) in [4.78, 5) is 36.9. The molecule has 11 heteroatoms. The quantitative estimate of drug-likeness (QED) is 0.249. The predicted octanol–water partition coefficient (Wildman–Crippen LogP) is 2.86. The van der Waals surface area contributed by atoms with E-state index in [1.54, 1.807) is 6.07 Å². The molecule has 1 saturated heterocycles. The van der Waals surface area contributed by atoms with Gasteiger partial charge in [0.25, 0.3) is 5.91 Å². The molecule has 2 aliphatic rings. The van der Waals surface area contributed by atoms with Crippen molar-refractivity contribution in [3.8, 4) is 11.5 Å². The van der Waals surface area contributed by atoms with Gasteiger partial charge in [-0.25, -0.2) is 0 Å². The van der Waals surface area contributed by atoms with Crippen LogP contribution < -0.4 is 25.0 Å². The molecule has 2 heterocycles. The zero-order valence-electron chi connectivity index (χ0n) is 17.9. The van der Waals surface area contributed by atoms with Gasteiger partial charge in [-0.05, 0) is 44.2 Å². The first-order valence-corrected chi connectivity index (χ1v) is 13.9. The number of imide groups is 1. The van der Waals surface area contributed by atoms with Crippen LogP contribution in [0.15, 0.2) is 12.1 Å². The van der Waals surface area contributed by atoms with Crippen LogP contribution in [0, 0.1) is 5.92 Å². The molecule has 0 spiro atoms. The number of halogens is 1. The molecule has 3 amide bonds. The van der Waals surface area contributed by atoms with E-state index < -0.39 is 0 Å². The lowest BCUT2D eigenvalue weighted by Gasteiger charge is -2.35. The molecule has 1 unspecified atom stereocenters. The van der Waals surface area contributed by atoms with E-state index in [4.69, 9.17) is 13.7 Å². The summed E-state index contributed by atoms with van der Waals surface area (Å²) in [7, 11) is 1.37. The van der Waals surface area contributed by atoms with E-state index in [9.17, 15) is 14.4 Å². The van der Waals surface area contributed by atoms with Crippen molar-refractivity contribution in [1.82, 2.24) is 10.6 Å². The van der Waals surface area contributed by atoms with Crippen molar-refractivity contribution in [3.05, 3.63) is 17.7 Å². The molecule has 1 fully saturated rings. The Labute approximate surface area is 204 Å². The van der Waals surface area contributed by atoms with Gasteiger partial charge >= 0.3 is 0 Å². The van der Waals surface area contributed by atoms with Crippen LogP contribution in [0.25, 0.3) is 0 Å². The second-order valence-corrected chi connectivity index (χ2v) is 9.30. The predicted molar refractivity (Wildman–Crippen MR) is 130 cm³/mol. The third kappa shape index (κ3) is 6.64. The Kier molecular flexibility index (Phi) is 9.72. The summed E-state index contributed by atoms with van der Waals surface area (Å²) in [5.41, 5.74) is 1.35. The number of hydrogen-bond acceptors (Lipinski definition) is 8. The maximum atomic E-state index is 12.9. The minimum absolute atomic E-state index is 0.147. The Morgan fingerprint density at radius 2 is 2.00 bits per heavy atom. The second kappa shape index (κ2) is 12.5. The van der Waals surface area contributed by atoms with E-state index in [1.807, 2.05) is 13.0 Å². The largest absolute Gasteiger partial charge is 0.485 e. The average Bonchev–Trinajstić information content (AvgIpc) is 2.81. The summed E-state index contributed by atoms with van der Waals surface area (Å²) in [5, 5.41) is 4.99. The molecule has 0 bridgehead atoms. The molecule has 1 atom stereocenters. The second-order valence-electron chi connectivity index (χ2n) is 7.86. The molecule has 1 aromatic carbocycles. The van der Waals surface area contributed by atoms with Crippen LogP contribution in [0.1, 0.15) is 43.0 Å². The number of ether oxygens (including phenoxy) is 2. The van der Waals surface area contributed by atoms with Crippen molar-refractivity contribution in [2.45, 2.75) is 38.6 Å². The van der Waals surface area contributed by atoms with Crippen LogP contribution >= 0.6 is 30.4 Å². The number of benzene rings is 1. The minimum atomic E-state index is -0.372. The van der Waals surface area contributed by atoms with Gasteiger partial charge in [-0.1, -0.05) is 0 Å². The highest BCUT2D eigenvalue weighted by Crippen LogP contribution is 2.43. The Morgan fingerprint density at radius 1 is 1.28 bits per heavy atom. The summed E-state index contributed by atoms with van der Waals surface area (Å²) in [6, 6.07) is 3.44. The molecule has 2 N–H and O–H groups in total. The van der Waals surface area contributed by atoms with Crippen molar-refractivity contribution < 1.29 is 28.0 Å². The lowest BCUT2D eigenvalue weighted by Crippen LogP contribution is -2.36. The third-order valence-corrected chi connectivity index (χ3v) is 6.61. The monoisotopic (exact) mass is 577 g/mol. The first-order chi connectivity index (χ1) is 15.5. The molecule has 3 rings (SSSR count). The standard InChI is InChI=1S/C21H28IN3O6S/c1-14(2-5-18(27)23-13-26)24-21(28)16-3-4-17(20-19(16)29-10-11-30-20)25-8-6-15(7-9-25)12-31-32-22/h3-4,13-15H,2,5-12H2,1H3,(H,24,28)(H,23,26,27). The smallest absolute Gasteiger partial charge is 0.255 e. The number of nitrogens with zero attached hydrogens (tertiary/aromatic N) is 1.